The third-order valence-electron chi connectivity index (χ3n) is 4.32. The summed E-state index contributed by atoms with van der Waals surface area (Å²) in [5, 5.41) is 3.97. The smallest absolute Gasteiger partial charge is 0.255 e. The number of thiazole rings is 1. The van der Waals surface area contributed by atoms with Crippen LogP contribution in [0.15, 0.2) is 66.7 Å². The Labute approximate surface area is 156 Å². The molecule has 0 saturated carbocycles. The Balaban J connectivity index is 1.59. The van der Waals surface area contributed by atoms with E-state index in [9.17, 15) is 4.79 Å². The minimum absolute atomic E-state index is 0.0999. The van der Waals surface area contributed by atoms with Crippen LogP contribution in [-0.2, 0) is 0 Å². The fourth-order valence-corrected chi connectivity index (χ4v) is 3.93. The number of hydrogen-bond acceptors (Lipinski definition) is 3. The van der Waals surface area contributed by atoms with Crippen molar-refractivity contribution >= 4 is 33.1 Å². The Bertz CT molecular complexity index is 1060. The SMILES string of the molecule is Cc1ccc(C(=O)Nc2ccc(-c3nc4ccccc4s3)c(C)c2)cc1. The summed E-state index contributed by atoms with van der Waals surface area (Å²) in [6.45, 7) is 4.05. The number of anilines is 1. The van der Waals surface area contributed by atoms with Crippen molar-refractivity contribution in [1.82, 2.24) is 4.98 Å². The maximum absolute atomic E-state index is 12.4. The highest BCUT2D eigenvalue weighted by Gasteiger charge is 2.11. The number of fused-ring (bicyclic) bond motifs is 1. The lowest BCUT2D eigenvalue weighted by molar-refractivity contribution is 0.102. The predicted molar refractivity (Wildman–Crippen MR) is 109 cm³/mol. The molecule has 4 aromatic rings. The van der Waals surface area contributed by atoms with Crippen molar-refractivity contribution in [2.45, 2.75) is 13.8 Å². The first-order valence-electron chi connectivity index (χ1n) is 8.45. The van der Waals surface area contributed by atoms with Gasteiger partial charge in [-0.2, -0.15) is 0 Å². The van der Waals surface area contributed by atoms with Gasteiger partial charge < -0.3 is 5.32 Å². The molecule has 26 heavy (non-hydrogen) atoms. The Hall–Kier alpha value is -2.98. The lowest BCUT2D eigenvalue weighted by Gasteiger charge is -2.09. The second-order valence-electron chi connectivity index (χ2n) is 6.34. The van der Waals surface area contributed by atoms with E-state index in [2.05, 4.69) is 11.4 Å². The minimum atomic E-state index is -0.0999. The van der Waals surface area contributed by atoms with Crippen LogP contribution in [0.5, 0.6) is 0 Å². The minimum Gasteiger partial charge on any atom is -0.322 e. The zero-order valence-electron chi connectivity index (χ0n) is 14.6. The van der Waals surface area contributed by atoms with Crippen molar-refractivity contribution in [2.24, 2.45) is 0 Å². The normalized spacial score (nSPS) is 10.8. The maximum Gasteiger partial charge on any atom is 0.255 e. The van der Waals surface area contributed by atoms with Gasteiger partial charge in [-0.1, -0.05) is 29.8 Å². The second-order valence-corrected chi connectivity index (χ2v) is 7.37. The number of amides is 1. The first-order chi connectivity index (χ1) is 12.6. The van der Waals surface area contributed by atoms with E-state index >= 15 is 0 Å². The molecule has 0 radical (unpaired) electrons. The molecule has 0 saturated heterocycles. The Kier molecular flexibility index (Phi) is 4.27. The van der Waals surface area contributed by atoms with Crippen molar-refractivity contribution in [1.29, 1.82) is 0 Å². The van der Waals surface area contributed by atoms with Crippen LogP contribution in [-0.4, -0.2) is 10.9 Å². The van der Waals surface area contributed by atoms with Gasteiger partial charge in [-0.3, -0.25) is 4.79 Å². The number of para-hydroxylation sites is 1. The Morgan fingerprint density at radius 1 is 0.962 bits per heavy atom. The summed E-state index contributed by atoms with van der Waals surface area (Å²) < 4.78 is 1.18. The number of benzene rings is 3. The molecule has 3 aromatic carbocycles. The Morgan fingerprint density at radius 3 is 2.46 bits per heavy atom. The van der Waals surface area contributed by atoms with Crippen LogP contribution in [0.1, 0.15) is 21.5 Å². The number of aryl methyl sites for hydroxylation is 2. The fourth-order valence-electron chi connectivity index (χ4n) is 2.88. The molecular formula is C22H18N2OS. The molecule has 1 amide bonds. The number of carbonyl (C=O) groups excluding carboxylic acids is 1. The topological polar surface area (TPSA) is 42.0 Å². The molecule has 0 unspecified atom stereocenters. The number of nitrogens with one attached hydrogen (secondary N) is 1. The first-order valence-corrected chi connectivity index (χ1v) is 9.26. The molecular weight excluding hydrogens is 340 g/mol. The molecule has 1 N–H and O–H groups in total. The summed E-state index contributed by atoms with van der Waals surface area (Å²) >= 11 is 1.68. The molecule has 1 aromatic heterocycles. The third-order valence-corrected chi connectivity index (χ3v) is 5.39. The third kappa shape index (κ3) is 3.24. The largest absolute Gasteiger partial charge is 0.322 e. The van der Waals surface area contributed by atoms with E-state index in [0.29, 0.717) is 5.56 Å². The van der Waals surface area contributed by atoms with Gasteiger partial charge in [-0.25, -0.2) is 4.98 Å². The highest BCUT2D eigenvalue weighted by atomic mass is 32.1. The molecule has 0 aliphatic rings. The second kappa shape index (κ2) is 6.73. The summed E-state index contributed by atoms with van der Waals surface area (Å²) in [6, 6.07) is 21.7. The number of carbonyl (C=O) groups is 1. The summed E-state index contributed by atoms with van der Waals surface area (Å²) in [5.41, 5.74) is 5.79. The van der Waals surface area contributed by atoms with E-state index in [-0.39, 0.29) is 5.91 Å². The van der Waals surface area contributed by atoms with Crippen LogP contribution in [0.25, 0.3) is 20.8 Å². The predicted octanol–water partition coefficient (Wildman–Crippen LogP) is 5.83. The summed E-state index contributed by atoms with van der Waals surface area (Å²) in [5.74, 6) is -0.0999. The molecule has 1 heterocycles. The molecule has 0 spiro atoms. The molecule has 0 fully saturated rings. The van der Waals surface area contributed by atoms with Crippen LogP contribution in [0.3, 0.4) is 0 Å². The summed E-state index contributed by atoms with van der Waals surface area (Å²) in [4.78, 5) is 17.1. The van der Waals surface area contributed by atoms with Gasteiger partial charge in [0.2, 0.25) is 0 Å². The van der Waals surface area contributed by atoms with Crippen molar-refractivity contribution in [3.8, 4) is 10.6 Å². The van der Waals surface area contributed by atoms with Gasteiger partial charge in [-0.05, 0) is 61.9 Å². The number of nitrogens with zero attached hydrogens (tertiary/aromatic N) is 1. The molecule has 0 bridgehead atoms. The average Bonchev–Trinajstić information content (AvgIpc) is 3.06. The lowest BCUT2D eigenvalue weighted by atomic mass is 10.1. The van der Waals surface area contributed by atoms with E-state index in [1.54, 1.807) is 11.3 Å². The monoisotopic (exact) mass is 358 g/mol. The molecule has 0 aliphatic heterocycles. The van der Waals surface area contributed by atoms with Gasteiger partial charge in [0.1, 0.15) is 5.01 Å². The van der Waals surface area contributed by atoms with E-state index in [4.69, 9.17) is 4.98 Å². The van der Waals surface area contributed by atoms with Crippen LogP contribution in [0.2, 0.25) is 0 Å². The zero-order valence-corrected chi connectivity index (χ0v) is 15.4. The van der Waals surface area contributed by atoms with Crippen LogP contribution in [0.4, 0.5) is 5.69 Å². The quantitative estimate of drug-likeness (QED) is 0.500. The fraction of sp³-hybridized carbons (Fsp3) is 0.0909. The van der Waals surface area contributed by atoms with Gasteiger partial charge in [0, 0.05) is 16.8 Å². The van der Waals surface area contributed by atoms with Crippen molar-refractivity contribution in [3.05, 3.63) is 83.4 Å². The number of rotatable bonds is 3. The molecule has 128 valence electrons. The zero-order chi connectivity index (χ0) is 18.1. The van der Waals surface area contributed by atoms with Crippen LogP contribution >= 0.6 is 11.3 Å². The maximum atomic E-state index is 12.4. The van der Waals surface area contributed by atoms with Crippen LogP contribution < -0.4 is 5.32 Å². The van der Waals surface area contributed by atoms with E-state index in [0.717, 1.165) is 32.9 Å². The lowest BCUT2D eigenvalue weighted by Crippen LogP contribution is -2.11. The van der Waals surface area contributed by atoms with Crippen LogP contribution in [0, 0.1) is 13.8 Å². The molecule has 4 rings (SSSR count). The Morgan fingerprint density at radius 2 is 1.73 bits per heavy atom. The van der Waals surface area contributed by atoms with Crippen molar-refractivity contribution < 1.29 is 4.79 Å². The summed E-state index contributed by atoms with van der Waals surface area (Å²) in [6.07, 6.45) is 0. The number of hydrogen-bond donors (Lipinski definition) is 1. The molecule has 0 aliphatic carbocycles. The van der Waals surface area contributed by atoms with E-state index in [1.165, 1.54) is 4.70 Å². The van der Waals surface area contributed by atoms with E-state index in [1.807, 2.05) is 74.5 Å². The molecule has 0 atom stereocenters. The van der Waals surface area contributed by atoms with E-state index < -0.39 is 0 Å². The summed E-state index contributed by atoms with van der Waals surface area (Å²) in [7, 11) is 0. The standard InChI is InChI=1S/C22H18N2OS/c1-14-7-9-16(10-8-14)21(25)23-17-11-12-18(15(2)13-17)22-24-19-5-3-4-6-20(19)26-22/h3-13H,1-2H3,(H,23,25). The molecule has 4 heteroatoms. The molecule has 3 nitrogen and oxygen atoms in total. The highest BCUT2D eigenvalue weighted by molar-refractivity contribution is 7.21. The number of aromatic nitrogens is 1. The van der Waals surface area contributed by atoms with Crippen molar-refractivity contribution in [3.63, 3.8) is 0 Å². The van der Waals surface area contributed by atoms with Gasteiger partial charge in [0.05, 0.1) is 10.2 Å². The van der Waals surface area contributed by atoms with Gasteiger partial charge in [0.25, 0.3) is 5.91 Å². The highest BCUT2D eigenvalue weighted by Crippen LogP contribution is 2.33. The van der Waals surface area contributed by atoms with Gasteiger partial charge in [-0.15, -0.1) is 11.3 Å². The van der Waals surface area contributed by atoms with Crippen molar-refractivity contribution in [2.75, 3.05) is 5.32 Å². The van der Waals surface area contributed by atoms with Gasteiger partial charge >= 0.3 is 0 Å². The first kappa shape index (κ1) is 16.5. The van der Waals surface area contributed by atoms with Gasteiger partial charge in [0.15, 0.2) is 0 Å². The average molecular weight is 358 g/mol.